The Hall–Kier alpha value is -1.22. The number of thiazole rings is 1. The summed E-state index contributed by atoms with van der Waals surface area (Å²) in [6.45, 7) is 0. The van der Waals surface area contributed by atoms with Crippen molar-refractivity contribution in [1.29, 1.82) is 0 Å². The van der Waals surface area contributed by atoms with Crippen molar-refractivity contribution in [2.45, 2.75) is 29.5 Å². The van der Waals surface area contributed by atoms with Gasteiger partial charge in [-0.1, -0.05) is 11.3 Å². The third-order valence-corrected chi connectivity index (χ3v) is 5.50. The van der Waals surface area contributed by atoms with Gasteiger partial charge >= 0.3 is 6.08 Å². The lowest BCUT2D eigenvalue weighted by atomic mass is 10.3. The van der Waals surface area contributed by atoms with Gasteiger partial charge in [0.25, 0.3) is 0 Å². The highest BCUT2D eigenvalue weighted by Gasteiger charge is 2.31. The van der Waals surface area contributed by atoms with Crippen molar-refractivity contribution in [2.24, 2.45) is 0 Å². The van der Waals surface area contributed by atoms with Crippen LogP contribution in [-0.4, -0.2) is 32.9 Å². The van der Waals surface area contributed by atoms with Gasteiger partial charge in [0.05, 0.1) is 16.5 Å². The maximum absolute atomic E-state index is 12.7. The molecule has 0 bridgehead atoms. The summed E-state index contributed by atoms with van der Waals surface area (Å²) in [5, 5.41) is 11.1. The van der Waals surface area contributed by atoms with Gasteiger partial charge in [-0.3, -0.25) is 4.21 Å². The summed E-state index contributed by atoms with van der Waals surface area (Å²) >= 11 is 1.09. The molecule has 9 heteroatoms. The smallest absolute Gasteiger partial charge is 0.301 e. The summed E-state index contributed by atoms with van der Waals surface area (Å²) in [6.07, 6.45) is 0.307. The fourth-order valence-electron chi connectivity index (χ4n) is 1.69. The Morgan fingerprint density at radius 1 is 1.52 bits per heavy atom. The Morgan fingerprint density at radius 3 is 2.71 bits per heavy atom. The minimum Gasteiger partial charge on any atom is -0.624 e. The molecule has 1 heterocycles. The van der Waals surface area contributed by atoms with Crippen molar-refractivity contribution in [3.8, 4) is 0 Å². The molecule has 0 radical (unpaired) electrons. The van der Waals surface area contributed by atoms with Gasteiger partial charge in [-0.2, -0.15) is 8.78 Å². The first kappa shape index (κ1) is 16.2. The van der Waals surface area contributed by atoms with E-state index in [0.717, 1.165) is 29.9 Å². The van der Waals surface area contributed by atoms with Crippen LogP contribution in [0.2, 0.25) is 0 Å². The van der Waals surface area contributed by atoms with Gasteiger partial charge < -0.3 is 5.21 Å². The summed E-state index contributed by atoms with van der Waals surface area (Å²) in [7, 11) is -0.324. The summed E-state index contributed by atoms with van der Waals surface area (Å²) in [6, 6.07) is 0. The maximum atomic E-state index is 12.7. The number of allylic oxidation sites excluding steroid dienone is 1. The molecule has 0 saturated heterocycles. The third-order valence-electron chi connectivity index (χ3n) is 2.83. The van der Waals surface area contributed by atoms with Crippen LogP contribution in [0.1, 0.15) is 35.8 Å². The lowest BCUT2D eigenvalue weighted by Gasteiger charge is -1.96. The summed E-state index contributed by atoms with van der Waals surface area (Å²) in [5.41, 5.74) is 0.721. The van der Waals surface area contributed by atoms with Crippen LogP contribution in [0.4, 0.5) is 13.2 Å². The molecule has 1 saturated carbocycles. The summed E-state index contributed by atoms with van der Waals surface area (Å²) in [5.74, 6) is -1.54. The van der Waals surface area contributed by atoms with Gasteiger partial charge in [-0.05, 0) is 12.8 Å². The van der Waals surface area contributed by atoms with E-state index in [1.165, 1.54) is 13.3 Å². The van der Waals surface area contributed by atoms with Gasteiger partial charge in [0.2, 0.25) is 0 Å². The zero-order valence-electron chi connectivity index (χ0n) is 11.1. The van der Waals surface area contributed by atoms with Crippen molar-refractivity contribution < 1.29 is 22.1 Å². The van der Waals surface area contributed by atoms with E-state index in [-0.39, 0.29) is 16.0 Å². The van der Waals surface area contributed by atoms with Crippen molar-refractivity contribution in [3.05, 3.63) is 27.7 Å². The van der Waals surface area contributed by atoms with Crippen LogP contribution in [0.5, 0.6) is 0 Å². The number of hydrogen-bond acceptors (Lipinski definition) is 4. The van der Waals surface area contributed by atoms with Crippen molar-refractivity contribution in [2.75, 3.05) is 12.8 Å². The van der Waals surface area contributed by atoms with E-state index in [9.17, 15) is 22.6 Å². The highest BCUT2D eigenvalue weighted by molar-refractivity contribution is 7.87. The standard InChI is InChI=1S/C12H13F3N2O2S2/c1-17(18)6-9-10(7-2-3-7)16-12(20-9)21(19)5-4-8(13)11(14)15/h6-7H,2-5H2,1H3/b17-6-. The van der Waals surface area contributed by atoms with E-state index >= 15 is 0 Å². The Bertz CT molecular complexity index is 616. The number of nitrogens with zero attached hydrogens (tertiary/aromatic N) is 2. The Morgan fingerprint density at radius 2 is 2.19 bits per heavy atom. The molecule has 0 N–H and O–H groups in total. The van der Waals surface area contributed by atoms with Gasteiger partial charge in [0.1, 0.15) is 11.9 Å². The van der Waals surface area contributed by atoms with Crippen LogP contribution in [0.3, 0.4) is 0 Å². The summed E-state index contributed by atoms with van der Waals surface area (Å²) in [4.78, 5) is 4.87. The molecule has 1 aromatic rings. The predicted octanol–water partition coefficient (Wildman–Crippen LogP) is 3.15. The Balaban J connectivity index is 2.14. The lowest BCUT2D eigenvalue weighted by Crippen LogP contribution is -1.99. The Labute approximate surface area is 126 Å². The van der Waals surface area contributed by atoms with E-state index in [2.05, 4.69) is 4.98 Å². The molecule has 2 rings (SSSR count). The van der Waals surface area contributed by atoms with Gasteiger partial charge in [-0.15, -0.1) is 0 Å². The van der Waals surface area contributed by atoms with Gasteiger partial charge in [0.15, 0.2) is 16.4 Å². The predicted molar refractivity (Wildman–Crippen MR) is 75.0 cm³/mol. The fraction of sp³-hybridized carbons (Fsp3) is 0.500. The molecule has 1 atom stereocenters. The van der Waals surface area contributed by atoms with Gasteiger partial charge in [0, 0.05) is 18.1 Å². The molecular formula is C12H13F3N2O2S2. The molecule has 1 aliphatic rings. The van der Waals surface area contributed by atoms with E-state index in [1.807, 2.05) is 0 Å². The first-order valence-corrected chi connectivity index (χ1v) is 8.35. The number of aromatic nitrogens is 1. The number of hydrogen-bond donors (Lipinski definition) is 0. The first-order chi connectivity index (χ1) is 9.88. The molecule has 1 aliphatic carbocycles. The number of rotatable bonds is 6. The van der Waals surface area contributed by atoms with E-state index in [0.29, 0.717) is 9.62 Å². The van der Waals surface area contributed by atoms with Gasteiger partial charge in [-0.25, -0.2) is 14.1 Å². The van der Waals surface area contributed by atoms with Crippen LogP contribution >= 0.6 is 11.3 Å². The molecule has 116 valence electrons. The minimum absolute atomic E-state index is 0.247. The van der Waals surface area contributed by atoms with E-state index < -0.39 is 29.1 Å². The molecule has 21 heavy (non-hydrogen) atoms. The highest BCUT2D eigenvalue weighted by atomic mass is 32.2. The molecule has 1 aromatic heterocycles. The second-order valence-electron chi connectivity index (χ2n) is 4.64. The minimum atomic E-state index is -2.38. The molecule has 4 nitrogen and oxygen atoms in total. The molecule has 1 fully saturated rings. The zero-order chi connectivity index (χ0) is 15.6. The molecular weight excluding hydrogens is 325 g/mol. The number of hydroxylamine groups is 1. The monoisotopic (exact) mass is 338 g/mol. The van der Waals surface area contributed by atoms with Crippen molar-refractivity contribution >= 4 is 28.4 Å². The van der Waals surface area contributed by atoms with Crippen LogP contribution in [0, 0.1) is 5.21 Å². The molecule has 0 aromatic carbocycles. The second kappa shape index (κ2) is 6.69. The van der Waals surface area contributed by atoms with Crippen LogP contribution in [-0.2, 0) is 10.8 Å². The number of halogens is 3. The highest BCUT2D eigenvalue weighted by Crippen LogP contribution is 2.42. The van der Waals surface area contributed by atoms with Crippen LogP contribution in [0.15, 0.2) is 16.2 Å². The van der Waals surface area contributed by atoms with Crippen LogP contribution < -0.4 is 0 Å². The quantitative estimate of drug-likeness (QED) is 0.346. The second-order valence-corrected chi connectivity index (χ2v) is 7.42. The third kappa shape index (κ3) is 4.37. The molecule has 0 amide bonds. The Kier molecular flexibility index (Phi) is 5.15. The van der Waals surface area contributed by atoms with Crippen molar-refractivity contribution in [1.82, 2.24) is 4.98 Å². The zero-order valence-corrected chi connectivity index (χ0v) is 12.8. The average Bonchev–Trinajstić information content (AvgIpc) is 3.16. The fourth-order valence-corrected chi connectivity index (χ4v) is 4.17. The first-order valence-electron chi connectivity index (χ1n) is 6.22. The van der Waals surface area contributed by atoms with Crippen molar-refractivity contribution in [3.63, 3.8) is 0 Å². The topological polar surface area (TPSA) is 56.0 Å². The van der Waals surface area contributed by atoms with E-state index in [1.54, 1.807) is 0 Å². The average molecular weight is 338 g/mol. The largest absolute Gasteiger partial charge is 0.624 e. The normalized spacial score (nSPS) is 16.9. The molecule has 0 aliphatic heterocycles. The lowest BCUT2D eigenvalue weighted by molar-refractivity contribution is -0.416. The van der Waals surface area contributed by atoms with Crippen LogP contribution in [0.25, 0.3) is 0 Å². The SMILES string of the molecule is C/[N+]([O-])=C/c1sc(S(=O)CCC(F)=C(F)F)nc1C1CC1. The van der Waals surface area contributed by atoms with E-state index in [4.69, 9.17) is 0 Å². The molecule has 1 unspecified atom stereocenters. The maximum Gasteiger partial charge on any atom is 0.301 e. The molecule has 0 spiro atoms. The summed E-state index contributed by atoms with van der Waals surface area (Å²) < 4.78 is 49.5.